The van der Waals surface area contributed by atoms with Crippen molar-refractivity contribution >= 4 is 22.9 Å². The first-order valence-corrected chi connectivity index (χ1v) is 8.42. The lowest BCUT2D eigenvalue weighted by atomic mass is 9.91. The summed E-state index contributed by atoms with van der Waals surface area (Å²) in [4.78, 5) is 5.26. The molecule has 0 aromatic heterocycles. The smallest absolute Gasteiger partial charge is 0.0197 e. The van der Waals surface area contributed by atoms with Gasteiger partial charge in [0.15, 0.2) is 0 Å². The average molecular weight is 293 g/mol. The maximum atomic E-state index is 2.45. The van der Waals surface area contributed by atoms with Crippen molar-refractivity contribution in [3.05, 3.63) is 59.7 Å². The summed E-state index contributed by atoms with van der Waals surface area (Å²) in [7, 11) is 2.24. The second-order valence-electron chi connectivity index (χ2n) is 5.85. The second kappa shape index (κ2) is 5.36. The van der Waals surface area contributed by atoms with E-state index in [-0.39, 0.29) is 0 Å². The van der Waals surface area contributed by atoms with Crippen LogP contribution in [0.1, 0.15) is 24.0 Å². The third-order valence-electron chi connectivity index (χ3n) is 4.50. The molecule has 0 aliphatic carbocycles. The molecule has 0 radical (unpaired) electrons. The number of benzene rings is 2. The number of hydrogen-bond acceptors (Lipinski definition) is 2. The number of hydrogen-bond donors (Lipinski definition) is 0. The molecule has 0 saturated heterocycles. The summed E-state index contributed by atoms with van der Waals surface area (Å²) < 4.78 is 0. The molecule has 0 amide bonds. The predicted molar refractivity (Wildman–Crippen MR) is 90.6 cm³/mol. The van der Waals surface area contributed by atoms with Gasteiger partial charge in [0.2, 0.25) is 0 Å². The van der Waals surface area contributed by atoms with Crippen LogP contribution in [-0.2, 0) is 0 Å². The molecule has 2 aliphatic rings. The highest BCUT2D eigenvalue weighted by Gasteiger charge is 2.23. The van der Waals surface area contributed by atoms with Gasteiger partial charge in [0.1, 0.15) is 0 Å². The molecule has 0 fully saturated rings. The van der Waals surface area contributed by atoms with Crippen molar-refractivity contribution in [1.29, 1.82) is 0 Å². The molecular formula is C19H19NS. The molecule has 2 aromatic rings. The van der Waals surface area contributed by atoms with Crippen molar-refractivity contribution < 1.29 is 0 Å². The summed E-state index contributed by atoms with van der Waals surface area (Å²) >= 11 is 1.92. The molecule has 4 rings (SSSR count). The van der Waals surface area contributed by atoms with Crippen molar-refractivity contribution in [2.75, 3.05) is 20.1 Å². The largest absolute Gasteiger partial charge is 0.306 e. The standard InChI is InChI=1S/C19H19NS/c1-20-12-10-14-15(11-13-20)17-7-3-5-9-19(17)21-18-8-4-2-6-16(14)18/h2-9H,10-13H2,1H3. The fourth-order valence-corrected chi connectivity index (χ4v) is 4.47. The lowest BCUT2D eigenvalue weighted by molar-refractivity contribution is 0.356. The van der Waals surface area contributed by atoms with Gasteiger partial charge in [-0.25, -0.2) is 0 Å². The Balaban J connectivity index is 1.97. The van der Waals surface area contributed by atoms with E-state index < -0.39 is 0 Å². The van der Waals surface area contributed by atoms with Gasteiger partial charge in [-0.3, -0.25) is 0 Å². The molecule has 2 heterocycles. The first-order chi connectivity index (χ1) is 10.3. The lowest BCUT2D eigenvalue weighted by Gasteiger charge is -2.14. The Morgan fingerprint density at radius 3 is 1.76 bits per heavy atom. The third kappa shape index (κ3) is 2.33. The zero-order valence-corrected chi connectivity index (χ0v) is 13.1. The first-order valence-electron chi connectivity index (χ1n) is 7.60. The molecule has 0 spiro atoms. The van der Waals surface area contributed by atoms with Gasteiger partial charge < -0.3 is 4.90 Å². The van der Waals surface area contributed by atoms with Gasteiger partial charge >= 0.3 is 0 Å². The maximum Gasteiger partial charge on any atom is 0.0197 e. The highest BCUT2D eigenvalue weighted by atomic mass is 32.2. The first kappa shape index (κ1) is 13.2. The molecule has 2 aromatic carbocycles. The monoisotopic (exact) mass is 293 g/mol. The Kier molecular flexibility index (Phi) is 3.36. The molecular weight excluding hydrogens is 274 g/mol. The van der Waals surface area contributed by atoms with Crippen LogP contribution in [0.4, 0.5) is 0 Å². The van der Waals surface area contributed by atoms with Gasteiger partial charge in [0, 0.05) is 22.9 Å². The zero-order chi connectivity index (χ0) is 14.2. The minimum Gasteiger partial charge on any atom is -0.306 e. The van der Waals surface area contributed by atoms with E-state index >= 15 is 0 Å². The zero-order valence-electron chi connectivity index (χ0n) is 12.3. The van der Waals surface area contributed by atoms with Crippen LogP contribution >= 0.6 is 11.8 Å². The van der Waals surface area contributed by atoms with E-state index in [1.807, 2.05) is 11.8 Å². The highest BCUT2D eigenvalue weighted by Crippen LogP contribution is 2.46. The molecule has 0 atom stereocenters. The SMILES string of the molecule is CN1CCC2=C(CC1)c1ccccc1Sc1ccccc12. The van der Waals surface area contributed by atoms with Crippen LogP contribution in [0.5, 0.6) is 0 Å². The van der Waals surface area contributed by atoms with E-state index in [1.165, 1.54) is 20.9 Å². The van der Waals surface area contributed by atoms with Crippen molar-refractivity contribution in [3.8, 4) is 0 Å². The summed E-state index contributed by atoms with van der Waals surface area (Å²) in [5, 5.41) is 0. The van der Waals surface area contributed by atoms with Gasteiger partial charge in [-0.1, -0.05) is 48.2 Å². The molecule has 0 saturated carbocycles. The van der Waals surface area contributed by atoms with E-state index in [4.69, 9.17) is 0 Å². The summed E-state index contributed by atoms with van der Waals surface area (Å²) in [6, 6.07) is 17.8. The van der Waals surface area contributed by atoms with Crippen LogP contribution in [0.2, 0.25) is 0 Å². The molecule has 1 nitrogen and oxygen atoms in total. The third-order valence-corrected chi connectivity index (χ3v) is 5.65. The van der Waals surface area contributed by atoms with Crippen molar-refractivity contribution in [1.82, 2.24) is 4.90 Å². The fourth-order valence-electron chi connectivity index (χ4n) is 3.34. The van der Waals surface area contributed by atoms with E-state index in [1.54, 1.807) is 11.1 Å². The topological polar surface area (TPSA) is 3.24 Å². The molecule has 0 bridgehead atoms. The van der Waals surface area contributed by atoms with E-state index in [0.29, 0.717) is 0 Å². The highest BCUT2D eigenvalue weighted by molar-refractivity contribution is 7.99. The van der Waals surface area contributed by atoms with Crippen LogP contribution in [-0.4, -0.2) is 25.0 Å². The van der Waals surface area contributed by atoms with Crippen molar-refractivity contribution in [2.45, 2.75) is 22.6 Å². The van der Waals surface area contributed by atoms with Crippen LogP contribution in [0, 0.1) is 0 Å². The Morgan fingerprint density at radius 2 is 1.24 bits per heavy atom. The van der Waals surface area contributed by atoms with Gasteiger partial charge in [-0.05, 0) is 54.3 Å². The predicted octanol–water partition coefficient (Wildman–Crippen LogP) is 4.79. The minimum absolute atomic E-state index is 1.15. The number of nitrogens with zero attached hydrogens (tertiary/aromatic N) is 1. The lowest BCUT2D eigenvalue weighted by Crippen LogP contribution is -2.19. The molecule has 0 unspecified atom stereocenters. The Morgan fingerprint density at radius 1 is 0.762 bits per heavy atom. The Labute approximate surface area is 130 Å². The van der Waals surface area contributed by atoms with Gasteiger partial charge in [-0.2, -0.15) is 0 Å². The van der Waals surface area contributed by atoms with Crippen LogP contribution in [0.15, 0.2) is 58.3 Å². The van der Waals surface area contributed by atoms with Gasteiger partial charge in [0.05, 0.1) is 0 Å². The van der Waals surface area contributed by atoms with Gasteiger partial charge in [-0.15, -0.1) is 0 Å². The number of rotatable bonds is 0. The average Bonchev–Trinajstić information content (AvgIpc) is 2.78. The minimum atomic E-state index is 1.15. The fraction of sp³-hybridized carbons (Fsp3) is 0.263. The molecule has 106 valence electrons. The second-order valence-corrected chi connectivity index (χ2v) is 6.94. The quantitative estimate of drug-likeness (QED) is 0.687. The van der Waals surface area contributed by atoms with Crippen molar-refractivity contribution in [3.63, 3.8) is 0 Å². The number of fused-ring (bicyclic) bond motifs is 4. The van der Waals surface area contributed by atoms with E-state index in [2.05, 4.69) is 60.5 Å². The normalized spacial score (nSPS) is 18.3. The van der Waals surface area contributed by atoms with Gasteiger partial charge in [0.25, 0.3) is 0 Å². The van der Waals surface area contributed by atoms with Crippen LogP contribution in [0.3, 0.4) is 0 Å². The molecule has 2 aliphatic heterocycles. The summed E-state index contributed by atoms with van der Waals surface area (Å²) in [6.45, 7) is 2.31. The Bertz CT molecular complexity index is 658. The summed E-state index contributed by atoms with van der Waals surface area (Å²) in [6.07, 6.45) is 2.30. The summed E-state index contributed by atoms with van der Waals surface area (Å²) in [5.74, 6) is 0. The van der Waals surface area contributed by atoms with E-state index in [0.717, 1.165) is 25.9 Å². The molecule has 21 heavy (non-hydrogen) atoms. The molecule has 0 N–H and O–H groups in total. The maximum absolute atomic E-state index is 2.45. The summed E-state index contributed by atoms with van der Waals surface area (Å²) in [5.41, 5.74) is 6.02. The molecule has 2 heteroatoms. The van der Waals surface area contributed by atoms with Crippen LogP contribution in [0.25, 0.3) is 11.1 Å². The van der Waals surface area contributed by atoms with Crippen LogP contribution < -0.4 is 0 Å². The Hall–Kier alpha value is -1.51. The van der Waals surface area contributed by atoms with Crippen molar-refractivity contribution in [2.24, 2.45) is 0 Å². The van der Waals surface area contributed by atoms with E-state index in [9.17, 15) is 0 Å².